The smallest absolute Gasteiger partial charge is 0.151 e. The van der Waals surface area contributed by atoms with Crippen molar-refractivity contribution in [2.75, 3.05) is 36.0 Å². The van der Waals surface area contributed by atoms with Crippen molar-refractivity contribution >= 4 is 22.4 Å². The molecule has 0 radical (unpaired) electrons. The van der Waals surface area contributed by atoms with Gasteiger partial charge in [-0.3, -0.25) is 0 Å². The summed E-state index contributed by atoms with van der Waals surface area (Å²) in [6, 6.07) is 12.5. The molecular formula is C19H21N5. The van der Waals surface area contributed by atoms with Crippen LogP contribution in [0.25, 0.3) is 10.8 Å². The molecule has 1 aromatic carbocycles. The van der Waals surface area contributed by atoms with E-state index in [4.69, 9.17) is 4.98 Å². The summed E-state index contributed by atoms with van der Waals surface area (Å²) in [6.07, 6.45) is 4.72. The molecule has 24 heavy (non-hydrogen) atoms. The van der Waals surface area contributed by atoms with E-state index in [2.05, 4.69) is 51.2 Å². The third-order valence-corrected chi connectivity index (χ3v) is 4.66. The van der Waals surface area contributed by atoms with Crippen LogP contribution in [0.4, 0.5) is 11.6 Å². The minimum Gasteiger partial charge on any atom is -0.354 e. The van der Waals surface area contributed by atoms with Crippen molar-refractivity contribution in [3.8, 4) is 0 Å². The van der Waals surface area contributed by atoms with Crippen molar-refractivity contribution < 1.29 is 0 Å². The Bertz CT molecular complexity index is 828. The lowest BCUT2D eigenvalue weighted by molar-refractivity contribution is 0.785. The summed E-state index contributed by atoms with van der Waals surface area (Å²) in [5.74, 6) is 2.06. The highest BCUT2D eigenvalue weighted by molar-refractivity contribution is 5.94. The fourth-order valence-corrected chi connectivity index (χ4v) is 3.45. The summed E-state index contributed by atoms with van der Waals surface area (Å²) in [4.78, 5) is 9.43. The van der Waals surface area contributed by atoms with Crippen LogP contribution in [0.1, 0.15) is 12.0 Å². The van der Waals surface area contributed by atoms with E-state index in [1.807, 2.05) is 18.3 Å². The molecule has 0 bridgehead atoms. The van der Waals surface area contributed by atoms with Crippen molar-refractivity contribution in [2.45, 2.75) is 13.3 Å². The highest BCUT2D eigenvalue weighted by atomic mass is 15.3. The van der Waals surface area contributed by atoms with Gasteiger partial charge in [-0.15, -0.1) is 5.10 Å². The number of nitrogens with zero attached hydrogens (tertiary/aromatic N) is 5. The average Bonchev–Trinajstić information content (AvgIpc) is 2.88. The first kappa shape index (κ1) is 14.9. The van der Waals surface area contributed by atoms with Crippen LogP contribution in [-0.4, -0.2) is 41.4 Å². The first-order valence-corrected chi connectivity index (χ1v) is 8.45. The lowest BCUT2D eigenvalue weighted by atomic mass is 10.1. The van der Waals surface area contributed by atoms with Crippen molar-refractivity contribution in [1.29, 1.82) is 0 Å². The van der Waals surface area contributed by atoms with Gasteiger partial charge in [-0.2, -0.15) is 5.10 Å². The Morgan fingerprint density at radius 3 is 2.62 bits per heavy atom. The number of aromatic nitrogens is 3. The van der Waals surface area contributed by atoms with Gasteiger partial charge < -0.3 is 9.80 Å². The molecule has 0 unspecified atom stereocenters. The zero-order valence-electron chi connectivity index (χ0n) is 13.9. The molecule has 122 valence electrons. The maximum atomic E-state index is 4.71. The van der Waals surface area contributed by atoms with E-state index in [0.29, 0.717) is 0 Å². The molecule has 1 fully saturated rings. The van der Waals surface area contributed by atoms with Crippen LogP contribution in [0.5, 0.6) is 0 Å². The predicted octanol–water partition coefficient (Wildman–Crippen LogP) is 3.05. The molecule has 1 aliphatic heterocycles. The largest absolute Gasteiger partial charge is 0.354 e. The number of rotatable bonds is 2. The molecule has 4 rings (SSSR count). The van der Waals surface area contributed by atoms with Crippen LogP contribution in [-0.2, 0) is 0 Å². The Hall–Kier alpha value is -2.69. The molecule has 0 spiro atoms. The first-order chi connectivity index (χ1) is 11.8. The topological polar surface area (TPSA) is 45.2 Å². The monoisotopic (exact) mass is 319 g/mol. The molecule has 5 heteroatoms. The number of hydrogen-bond donors (Lipinski definition) is 0. The van der Waals surface area contributed by atoms with Crippen LogP contribution in [0.15, 0.2) is 48.8 Å². The molecule has 0 saturated carbocycles. The van der Waals surface area contributed by atoms with E-state index in [1.165, 1.54) is 16.3 Å². The minimum atomic E-state index is 0.933. The minimum absolute atomic E-state index is 0.933. The van der Waals surface area contributed by atoms with Gasteiger partial charge in [-0.05, 0) is 42.5 Å². The Kier molecular flexibility index (Phi) is 3.99. The van der Waals surface area contributed by atoms with Crippen LogP contribution < -0.4 is 9.80 Å². The van der Waals surface area contributed by atoms with Gasteiger partial charge >= 0.3 is 0 Å². The standard InChI is InChI=1S/C19H21N5/c1-15-5-2-6-16-8-10-20-19(18(15)16)24-12-4-11-23(13-14-24)17-7-3-9-21-22-17/h2-3,5-10H,4,11-14H2,1H3. The van der Waals surface area contributed by atoms with Gasteiger partial charge in [0, 0.05) is 44.0 Å². The Morgan fingerprint density at radius 2 is 1.75 bits per heavy atom. The average molecular weight is 319 g/mol. The van der Waals surface area contributed by atoms with Crippen LogP contribution >= 0.6 is 0 Å². The van der Waals surface area contributed by atoms with Gasteiger partial charge in [0.15, 0.2) is 5.82 Å². The Morgan fingerprint density at radius 1 is 0.875 bits per heavy atom. The van der Waals surface area contributed by atoms with Crippen molar-refractivity contribution in [1.82, 2.24) is 15.2 Å². The molecule has 1 saturated heterocycles. The number of pyridine rings is 1. The fourth-order valence-electron chi connectivity index (χ4n) is 3.45. The third-order valence-electron chi connectivity index (χ3n) is 4.66. The zero-order valence-corrected chi connectivity index (χ0v) is 13.9. The van der Waals surface area contributed by atoms with Gasteiger partial charge in [0.2, 0.25) is 0 Å². The number of aryl methyl sites for hydroxylation is 1. The van der Waals surface area contributed by atoms with Crippen molar-refractivity contribution in [3.05, 3.63) is 54.4 Å². The second kappa shape index (κ2) is 6.43. The summed E-state index contributed by atoms with van der Waals surface area (Å²) >= 11 is 0. The van der Waals surface area contributed by atoms with E-state index in [0.717, 1.165) is 44.2 Å². The number of hydrogen-bond acceptors (Lipinski definition) is 5. The summed E-state index contributed by atoms with van der Waals surface area (Å²) < 4.78 is 0. The number of fused-ring (bicyclic) bond motifs is 1. The molecule has 0 aliphatic carbocycles. The van der Waals surface area contributed by atoms with Gasteiger partial charge in [0.05, 0.1) is 0 Å². The van der Waals surface area contributed by atoms with Crippen LogP contribution in [0.3, 0.4) is 0 Å². The SMILES string of the molecule is Cc1cccc2ccnc(N3CCCN(c4cccnn4)CC3)c12. The van der Waals surface area contributed by atoms with E-state index >= 15 is 0 Å². The predicted molar refractivity (Wildman–Crippen MR) is 97.6 cm³/mol. The third kappa shape index (κ3) is 2.77. The molecule has 0 N–H and O–H groups in total. The fraction of sp³-hybridized carbons (Fsp3) is 0.316. The molecule has 5 nitrogen and oxygen atoms in total. The lowest BCUT2D eigenvalue weighted by Gasteiger charge is -2.24. The summed E-state index contributed by atoms with van der Waals surface area (Å²) in [5, 5.41) is 10.8. The highest BCUT2D eigenvalue weighted by Crippen LogP contribution is 2.28. The van der Waals surface area contributed by atoms with Gasteiger partial charge in [-0.25, -0.2) is 4.98 Å². The quantitative estimate of drug-likeness (QED) is 0.726. The summed E-state index contributed by atoms with van der Waals surface area (Å²) in [6.45, 7) is 6.05. The van der Waals surface area contributed by atoms with Gasteiger partial charge in [0.1, 0.15) is 5.82 Å². The van der Waals surface area contributed by atoms with Crippen LogP contribution in [0.2, 0.25) is 0 Å². The molecule has 0 atom stereocenters. The zero-order chi connectivity index (χ0) is 16.4. The van der Waals surface area contributed by atoms with E-state index < -0.39 is 0 Å². The normalized spacial score (nSPS) is 15.5. The second-order valence-corrected chi connectivity index (χ2v) is 6.22. The Balaban J connectivity index is 1.62. The maximum absolute atomic E-state index is 4.71. The number of anilines is 2. The van der Waals surface area contributed by atoms with E-state index in [9.17, 15) is 0 Å². The van der Waals surface area contributed by atoms with E-state index in [1.54, 1.807) is 6.20 Å². The first-order valence-electron chi connectivity index (χ1n) is 8.45. The maximum Gasteiger partial charge on any atom is 0.151 e. The molecule has 2 aromatic heterocycles. The summed E-state index contributed by atoms with van der Waals surface area (Å²) in [7, 11) is 0. The second-order valence-electron chi connectivity index (χ2n) is 6.22. The van der Waals surface area contributed by atoms with Gasteiger partial charge in [0.25, 0.3) is 0 Å². The molecule has 3 aromatic rings. The Labute approximate surface area is 142 Å². The van der Waals surface area contributed by atoms with Crippen LogP contribution in [0, 0.1) is 6.92 Å². The molecule has 0 amide bonds. The lowest BCUT2D eigenvalue weighted by Crippen LogP contribution is -2.31. The molecule has 3 heterocycles. The molecule has 1 aliphatic rings. The van der Waals surface area contributed by atoms with Gasteiger partial charge in [-0.1, -0.05) is 18.2 Å². The highest BCUT2D eigenvalue weighted by Gasteiger charge is 2.19. The van der Waals surface area contributed by atoms with Crippen molar-refractivity contribution in [2.24, 2.45) is 0 Å². The molecular weight excluding hydrogens is 298 g/mol. The number of benzene rings is 1. The summed E-state index contributed by atoms with van der Waals surface area (Å²) in [5.41, 5.74) is 1.28. The van der Waals surface area contributed by atoms with Crippen molar-refractivity contribution in [3.63, 3.8) is 0 Å². The van der Waals surface area contributed by atoms with E-state index in [-0.39, 0.29) is 0 Å².